The zero-order valence-electron chi connectivity index (χ0n) is 18.8. The summed E-state index contributed by atoms with van der Waals surface area (Å²) in [4.78, 5) is 45.7. The first kappa shape index (κ1) is 24.4. The van der Waals surface area contributed by atoms with Gasteiger partial charge in [0.25, 0.3) is 5.56 Å². The molecule has 1 amide bonds. The van der Waals surface area contributed by atoms with Crippen LogP contribution in [0.2, 0.25) is 0 Å². The van der Waals surface area contributed by atoms with E-state index < -0.39 is 53.1 Å². The summed E-state index contributed by atoms with van der Waals surface area (Å²) in [6, 6.07) is 8.79. The van der Waals surface area contributed by atoms with Crippen molar-refractivity contribution in [2.45, 2.75) is 25.4 Å². The Morgan fingerprint density at radius 2 is 1.89 bits per heavy atom. The number of carbonyl (C=O) groups is 1. The van der Waals surface area contributed by atoms with Crippen molar-refractivity contribution in [3.63, 3.8) is 0 Å². The van der Waals surface area contributed by atoms with Crippen LogP contribution in [0.5, 0.6) is 0 Å². The van der Waals surface area contributed by atoms with E-state index in [4.69, 9.17) is 5.26 Å². The lowest BCUT2D eigenvalue weighted by Gasteiger charge is -2.22. The van der Waals surface area contributed by atoms with Crippen LogP contribution in [0.3, 0.4) is 0 Å². The molecule has 0 aliphatic rings. The molecule has 0 saturated heterocycles. The van der Waals surface area contributed by atoms with E-state index in [0.29, 0.717) is 4.57 Å². The Morgan fingerprint density at radius 3 is 2.58 bits per heavy atom. The fourth-order valence-corrected chi connectivity index (χ4v) is 3.86. The van der Waals surface area contributed by atoms with Crippen molar-refractivity contribution in [1.82, 2.24) is 19.9 Å². The first-order valence-electron chi connectivity index (χ1n) is 10.7. The maximum Gasteiger partial charge on any atom is 0.329 e. The highest BCUT2D eigenvalue weighted by Gasteiger charge is 2.28. The summed E-state index contributed by atoms with van der Waals surface area (Å²) >= 11 is 0. The molecule has 2 heterocycles. The number of rotatable bonds is 6. The van der Waals surface area contributed by atoms with E-state index in [1.54, 1.807) is 6.07 Å². The van der Waals surface area contributed by atoms with Crippen LogP contribution in [0.4, 0.5) is 13.2 Å². The number of H-pyrrole nitrogens is 1. The third kappa shape index (κ3) is 4.74. The number of fused-ring (bicyclic) bond motifs is 1. The summed E-state index contributed by atoms with van der Waals surface area (Å²) in [6.45, 7) is 1.41. The fraction of sp³-hybridized carbons (Fsp3) is 0.160. The van der Waals surface area contributed by atoms with Gasteiger partial charge in [0.15, 0.2) is 0 Å². The molecule has 8 nitrogen and oxygen atoms in total. The van der Waals surface area contributed by atoms with Gasteiger partial charge in [0.05, 0.1) is 28.2 Å². The second kappa shape index (κ2) is 9.87. The highest BCUT2D eigenvalue weighted by atomic mass is 19.1. The molecule has 182 valence electrons. The number of pyridine rings is 1. The lowest BCUT2D eigenvalue weighted by Crippen LogP contribution is -2.46. The van der Waals surface area contributed by atoms with Crippen LogP contribution in [-0.2, 0) is 11.2 Å². The van der Waals surface area contributed by atoms with E-state index in [9.17, 15) is 27.6 Å². The van der Waals surface area contributed by atoms with Crippen molar-refractivity contribution in [3.8, 4) is 6.07 Å². The molecule has 2 aromatic carbocycles. The number of nitrogens with one attached hydrogen (secondary N) is 2. The van der Waals surface area contributed by atoms with E-state index >= 15 is 0 Å². The molecule has 36 heavy (non-hydrogen) atoms. The van der Waals surface area contributed by atoms with Gasteiger partial charge in [0, 0.05) is 12.6 Å². The molecule has 0 radical (unpaired) electrons. The van der Waals surface area contributed by atoms with E-state index in [1.807, 2.05) is 0 Å². The predicted octanol–water partition coefficient (Wildman–Crippen LogP) is 3.03. The molecule has 2 atom stereocenters. The molecule has 0 aliphatic carbocycles. The second-order valence-electron chi connectivity index (χ2n) is 8.04. The molecule has 0 fully saturated rings. The van der Waals surface area contributed by atoms with Crippen molar-refractivity contribution in [1.29, 1.82) is 5.26 Å². The molecule has 0 saturated carbocycles. The molecular weight excluding hydrogens is 475 g/mol. The van der Waals surface area contributed by atoms with Crippen LogP contribution in [0.15, 0.2) is 64.3 Å². The fourth-order valence-electron chi connectivity index (χ4n) is 3.86. The topological polar surface area (TPSA) is 121 Å². The number of carbonyl (C=O) groups excluding carboxylic acids is 1. The zero-order chi connectivity index (χ0) is 26.0. The lowest BCUT2D eigenvalue weighted by molar-refractivity contribution is -0.125. The van der Waals surface area contributed by atoms with Gasteiger partial charge in [0.1, 0.15) is 29.6 Å². The first-order valence-corrected chi connectivity index (χ1v) is 10.7. The van der Waals surface area contributed by atoms with Crippen molar-refractivity contribution in [2.24, 2.45) is 0 Å². The minimum absolute atomic E-state index is 0.0197. The molecule has 4 aromatic rings. The first-order chi connectivity index (χ1) is 17.2. The molecule has 2 aromatic heterocycles. The summed E-state index contributed by atoms with van der Waals surface area (Å²) in [5.74, 6) is -3.15. The van der Waals surface area contributed by atoms with Gasteiger partial charge >= 0.3 is 5.69 Å². The monoisotopic (exact) mass is 493 g/mol. The highest BCUT2D eigenvalue weighted by Crippen LogP contribution is 2.20. The third-order valence-electron chi connectivity index (χ3n) is 5.64. The average molecular weight is 493 g/mol. The smallest absolute Gasteiger partial charge is 0.329 e. The number of amides is 1. The molecule has 0 bridgehead atoms. The van der Waals surface area contributed by atoms with Crippen LogP contribution >= 0.6 is 0 Å². The van der Waals surface area contributed by atoms with Gasteiger partial charge < -0.3 is 10.3 Å². The van der Waals surface area contributed by atoms with Crippen molar-refractivity contribution < 1.29 is 18.0 Å². The van der Waals surface area contributed by atoms with Gasteiger partial charge in [-0.05, 0) is 42.8 Å². The van der Waals surface area contributed by atoms with Gasteiger partial charge in [0.2, 0.25) is 5.91 Å². The Morgan fingerprint density at radius 1 is 1.14 bits per heavy atom. The summed E-state index contributed by atoms with van der Waals surface area (Å²) in [7, 11) is 0. The predicted molar refractivity (Wildman–Crippen MR) is 123 cm³/mol. The number of halogens is 3. The van der Waals surface area contributed by atoms with Crippen LogP contribution < -0.4 is 16.6 Å². The molecule has 0 aliphatic heterocycles. The van der Waals surface area contributed by atoms with E-state index in [0.717, 1.165) is 30.5 Å². The second-order valence-corrected chi connectivity index (χ2v) is 8.04. The number of nitrogens with zero attached hydrogens (tertiary/aromatic N) is 3. The summed E-state index contributed by atoms with van der Waals surface area (Å²) in [5, 5.41) is 11.2. The largest absolute Gasteiger partial charge is 0.346 e. The minimum atomic E-state index is -1.57. The quantitative estimate of drug-likeness (QED) is 0.428. The molecule has 11 heteroatoms. The van der Waals surface area contributed by atoms with Gasteiger partial charge in [-0.2, -0.15) is 5.26 Å². The molecule has 4 rings (SSSR count). The van der Waals surface area contributed by atoms with Crippen LogP contribution in [0.25, 0.3) is 10.9 Å². The number of nitriles is 1. The Labute approximate surface area is 201 Å². The van der Waals surface area contributed by atoms with Crippen molar-refractivity contribution >= 4 is 16.8 Å². The zero-order valence-corrected chi connectivity index (χ0v) is 18.8. The summed E-state index contributed by atoms with van der Waals surface area (Å²) < 4.78 is 43.3. The van der Waals surface area contributed by atoms with Gasteiger partial charge in [-0.3, -0.25) is 14.6 Å². The molecular formula is C25H18F3N5O3. The maximum absolute atomic E-state index is 14.4. The Kier molecular flexibility index (Phi) is 6.69. The van der Waals surface area contributed by atoms with Crippen molar-refractivity contribution in [2.75, 3.05) is 0 Å². The number of hydrogen-bond donors (Lipinski definition) is 2. The average Bonchev–Trinajstić information content (AvgIpc) is 2.84. The number of hydrogen-bond acceptors (Lipinski definition) is 5. The SMILES string of the molecule is C[C@@H](NC(=O)[C@H](Cc1ccccc1F)n1c(=O)[nH]c2ccc(F)cc2c1=O)c1ncc(C#N)cc1F. The Hall–Kier alpha value is -4.72. The minimum Gasteiger partial charge on any atom is -0.346 e. The molecule has 0 unspecified atom stereocenters. The summed E-state index contributed by atoms with van der Waals surface area (Å²) in [5.41, 5.74) is -2.03. The number of benzene rings is 2. The normalized spacial score (nSPS) is 12.6. The van der Waals surface area contributed by atoms with E-state index in [1.165, 1.54) is 31.2 Å². The number of aromatic amines is 1. The maximum atomic E-state index is 14.4. The lowest BCUT2D eigenvalue weighted by atomic mass is 10.0. The van der Waals surface area contributed by atoms with Crippen molar-refractivity contribution in [3.05, 3.63) is 110 Å². The Bertz CT molecular complexity index is 1640. The van der Waals surface area contributed by atoms with Crippen LogP contribution in [0, 0.1) is 28.8 Å². The molecule has 0 spiro atoms. The molecule has 2 N–H and O–H groups in total. The standard InChI is InChI=1S/C25H18F3N5O3/c1-13(22-19(28)8-14(11-29)12-30-22)31-23(34)21(9-15-4-2-3-5-18(15)27)33-24(35)17-10-16(26)6-7-20(17)32-25(33)36/h2-8,10,12-13,21H,9H2,1H3,(H,31,34)(H,32,36)/t13-,21+/m1/s1. The number of aromatic nitrogens is 3. The van der Waals surface area contributed by atoms with Crippen LogP contribution in [0.1, 0.15) is 35.8 Å². The summed E-state index contributed by atoms with van der Waals surface area (Å²) in [6.07, 6.45) is 0.725. The Balaban J connectivity index is 1.79. The third-order valence-corrected chi connectivity index (χ3v) is 5.64. The van der Waals surface area contributed by atoms with Gasteiger partial charge in [-0.15, -0.1) is 0 Å². The van der Waals surface area contributed by atoms with E-state index in [2.05, 4.69) is 15.3 Å². The van der Waals surface area contributed by atoms with E-state index in [-0.39, 0.29) is 27.7 Å². The van der Waals surface area contributed by atoms with Gasteiger partial charge in [-0.25, -0.2) is 22.5 Å². The van der Waals surface area contributed by atoms with Gasteiger partial charge in [-0.1, -0.05) is 18.2 Å². The van der Waals surface area contributed by atoms with Crippen LogP contribution in [-0.4, -0.2) is 20.4 Å². The highest BCUT2D eigenvalue weighted by molar-refractivity contribution is 5.82.